The van der Waals surface area contributed by atoms with Crippen molar-refractivity contribution in [2.75, 3.05) is 22.6 Å². The van der Waals surface area contributed by atoms with Crippen LogP contribution < -0.4 is 31.2 Å². The number of ether oxygens (including phenoxy) is 2. The molecule has 1 unspecified atom stereocenters. The van der Waals surface area contributed by atoms with Crippen molar-refractivity contribution in [1.29, 1.82) is 0 Å². The Labute approximate surface area is 250 Å². The number of benzene rings is 2. The molecule has 2 heterocycles. The largest absolute Gasteiger partial charge is 0.494 e. The van der Waals surface area contributed by atoms with Crippen LogP contribution in [0.25, 0.3) is 5.65 Å². The molecule has 11 heteroatoms. The summed E-state index contributed by atoms with van der Waals surface area (Å²) in [6.07, 6.45) is 8.45. The fourth-order valence-corrected chi connectivity index (χ4v) is 6.35. The molecule has 1 spiro atoms. The van der Waals surface area contributed by atoms with Crippen LogP contribution in [0.1, 0.15) is 56.6 Å². The number of anilines is 4. The molecule has 228 valence electrons. The van der Waals surface area contributed by atoms with Crippen molar-refractivity contribution in [2.45, 2.75) is 77.6 Å². The smallest absolute Gasteiger partial charge is 0.387 e. The Bertz CT molecular complexity index is 1550. The first-order chi connectivity index (χ1) is 20.8. The monoisotopic (exact) mass is 591 g/mol. The Morgan fingerprint density at radius 3 is 2.53 bits per heavy atom. The summed E-state index contributed by atoms with van der Waals surface area (Å²) in [4.78, 5) is 5.08. The first kappa shape index (κ1) is 29.0. The molecule has 5 N–H and O–H groups in total. The maximum Gasteiger partial charge on any atom is 0.387 e. The molecule has 2 aromatic carbocycles. The fraction of sp³-hybridized carbons (Fsp3) is 0.438. The second kappa shape index (κ2) is 12.2. The van der Waals surface area contributed by atoms with Gasteiger partial charge in [-0.1, -0.05) is 12.1 Å². The van der Waals surface area contributed by atoms with E-state index in [-0.39, 0.29) is 11.2 Å². The quantitative estimate of drug-likeness (QED) is 0.150. The maximum absolute atomic E-state index is 12.7. The third kappa shape index (κ3) is 6.17. The summed E-state index contributed by atoms with van der Waals surface area (Å²) in [5.41, 5.74) is 10.5. The molecule has 0 saturated heterocycles. The summed E-state index contributed by atoms with van der Waals surface area (Å²) in [5.74, 6) is 2.55. The van der Waals surface area contributed by atoms with Gasteiger partial charge in [0.2, 0.25) is 0 Å². The van der Waals surface area contributed by atoms with Gasteiger partial charge in [0.25, 0.3) is 0 Å². The zero-order valence-electron chi connectivity index (χ0n) is 24.6. The number of nitrogens with zero attached hydrogens (tertiary/aromatic N) is 3. The number of hydrogen-bond acceptors (Lipinski definition) is 8. The third-order valence-corrected chi connectivity index (χ3v) is 8.93. The van der Waals surface area contributed by atoms with Crippen LogP contribution in [0, 0.1) is 12.3 Å². The van der Waals surface area contributed by atoms with Crippen LogP contribution in [0.4, 0.5) is 31.8 Å². The van der Waals surface area contributed by atoms with Crippen molar-refractivity contribution in [3.63, 3.8) is 0 Å². The van der Waals surface area contributed by atoms with Crippen LogP contribution >= 0.6 is 0 Å². The Morgan fingerprint density at radius 2 is 1.84 bits per heavy atom. The average molecular weight is 592 g/mol. The van der Waals surface area contributed by atoms with E-state index in [2.05, 4.69) is 32.7 Å². The minimum absolute atomic E-state index is 0.120. The molecule has 4 aromatic rings. The summed E-state index contributed by atoms with van der Waals surface area (Å²) in [5, 5.41) is 15.4. The molecular weight excluding hydrogens is 552 g/mol. The molecule has 6 rings (SSSR count). The van der Waals surface area contributed by atoms with E-state index in [4.69, 9.17) is 15.5 Å². The number of nitrogens with one attached hydrogen (secondary N) is 3. The predicted octanol–water partition coefficient (Wildman–Crippen LogP) is 6.86. The number of alkyl halides is 2. The summed E-state index contributed by atoms with van der Waals surface area (Å²) in [7, 11) is 0. The van der Waals surface area contributed by atoms with Gasteiger partial charge in [-0.25, -0.2) is 4.98 Å². The van der Waals surface area contributed by atoms with Gasteiger partial charge >= 0.3 is 6.61 Å². The van der Waals surface area contributed by atoms with E-state index in [9.17, 15) is 8.78 Å². The Balaban J connectivity index is 1.31. The summed E-state index contributed by atoms with van der Waals surface area (Å²) < 4.78 is 37.4. The molecule has 43 heavy (non-hydrogen) atoms. The minimum Gasteiger partial charge on any atom is -0.494 e. The minimum atomic E-state index is -2.87. The van der Waals surface area contributed by atoms with Gasteiger partial charge in [0.1, 0.15) is 28.8 Å². The molecule has 2 fully saturated rings. The molecular formula is C32H39F2N7O2. The SMILES string of the molecule is CCOc1ccc(Nc2c(C)c(NC3CCC34CCC(N)CC4)nc3c(NCc4cccc(OC(F)F)c4)cnn23)cc1. The lowest BCUT2D eigenvalue weighted by molar-refractivity contribution is -0.0498. The van der Waals surface area contributed by atoms with Crippen molar-refractivity contribution in [1.82, 2.24) is 14.6 Å². The van der Waals surface area contributed by atoms with Gasteiger partial charge in [-0.05, 0) is 99.7 Å². The highest BCUT2D eigenvalue weighted by Gasteiger charge is 2.48. The van der Waals surface area contributed by atoms with Crippen molar-refractivity contribution in [2.24, 2.45) is 11.1 Å². The van der Waals surface area contributed by atoms with E-state index >= 15 is 0 Å². The highest BCUT2D eigenvalue weighted by atomic mass is 19.3. The van der Waals surface area contributed by atoms with E-state index < -0.39 is 6.61 Å². The fourth-order valence-electron chi connectivity index (χ4n) is 6.35. The lowest BCUT2D eigenvalue weighted by Crippen LogP contribution is -2.52. The Morgan fingerprint density at radius 1 is 1.07 bits per heavy atom. The van der Waals surface area contributed by atoms with E-state index in [0.717, 1.165) is 72.0 Å². The molecule has 2 aliphatic rings. The first-order valence-corrected chi connectivity index (χ1v) is 15.0. The van der Waals surface area contributed by atoms with E-state index in [0.29, 0.717) is 30.9 Å². The van der Waals surface area contributed by atoms with E-state index in [1.54, 1.807) is 22.8 Å². The number of hydrogen-bond donors (Lipinski definition) is 4. The zero-order chi connectivity index (χ0) is 30.0. The van der Waals surface area contributed by atoms with Crippen LogP contribution in [0.5, 0.6) is 11.5 Å². The average Bonchev–Trinajstić information content (AvgIpc) is 3.39. The molecule has 0 radical (unpaired) electrons. The second-order valence-corrected chi connectivity index (χ2v) is 11.6. The van der Waals surface area contributed by atoms with Crippen LogP contribution in [-0.2, 0) is 6.54 Å². The lowest BCUT2D eigenvalue weighted by atomic mass is 9.56. The molecule has 0 amide bonds. The van der Waals surface area contributed by atoms with Crippen molar-refractivity contribution in [3.05, 3.63) is 65.9 Å². The molecule has 2 aliphatic carbocycles. The normalized spacial score (nSPS) is 21.5. The number of halogens is 2. The summed E-state index contributed by atoms with van der Waals surface area (Å²) >= 11 is 0. The van der Waals surface area contributed by atoms with E-state index in [1.165, 1.54) is 12.5 Å². The zero-order valence-corrected chi connectivity index (χ0v) is 24.6. The van der Waals surface area contributed by atoms with Gasteiger partial charge in [0.15, 0.2) is 5.65 Å². The Hall–Kier alpha value is -4.12. The first-order valence-electron chi connectivity index (χ1n) is 15.0. The number of nitrogens with two attached hydrogens (primary N) is 1. The molecule has 2 aromatic heterocycles. The molecule has 9 nitrogen and oxygen atoms in total. The predicted molar refractivity (Wildman–Crippen MR) is 165 cm³/mol. The van der Waals surface area contributed by atoms with Crippen molar-refractivity contribution in [3.8, 4) is 11.5 Å². The third-order valence-electron chi connectivity index (χ3n) is 8.93. The van der Waals surface area contributed by atoms with Gasteiger partial charge in [-0.3, -0.25) is 0 Å². The van der Waals surface area contributed by atoms with Crippen LogP contribution in [0.3, 0.4) is 0 Å². The Kier molecular flexibility index (Phi) is 8.25. The van der Waals surface area contributed by atoms with Crippen LogP contribution in [-0.4, -0.2) is 39.9 Å². The van der Waals surface area contributed by atoms with Gasteiger partial charge in [0, 0.05) is 29.9 Å². The molecule has 0 bridgehead atoms. The molecule has 2 saturated carbocycles. The number of fused-ring (bicyclic) bond motifs is 1. The maximum atomic E-state index is 12.7. The van der Waals surface area contributed by atoms with Crippen molar-refractivity contribution < 1.29 is 18.3 Å². The summed E-state index contributed by atoms with van der Waals surface area (Å²) in [6, 6.07) is 15.1. The van der Waals surface area contributed by atoms with Gasteiger partial charge in [0.05, 0.1) is 12.8 Å². The second-order valence-electron chi connectivity index (χ2n) is 11.6. The molecule has 1 atom stereocenters. The van der Waals surface area contributed by atoms with E-state index in [1.807, 2.05) is 37.3 Å². The highest BCUT2D eigenvalue weighted by Crippen LogP contribution is 2.52. The number of aromatic nitrogens is 3. The standard InChI is InChI=1S/C32H39F2N7O2/c1-3-42-24-9-7-23(8-10-24)38-29-20(2)28(39-27-13-16-32(27)14-11-22(35)12-15-32)40-30-26(19-37-41(29)30)36-18-21-5-4-6-25(17-21)43-31(33)34/h4-10,17,19,22,27,31,36,38H,3,11-16,18,35H2,1-2H3,(H,39,40). The molecule has 0 aliphatic heterocycles. The summed E-state index contributed by atoms with van der Waals surface area (Å²) in [6.45, 7) is 2.13. The lowest BCUT2D eigenvalue weighted by Gasteiger charge is -2.53. The van der Waals surface area contributed by atoms with Crippen LogP contribution in [0.2, 0.25) is 0 Å². The van der Waals surface area contributed by atoms with Crippen LogP contribution in [0.15, 0.2) is 54.7 Å². The van der Waals surface area contributed by atoms with Crippen molar-refractivity contribution >= 4 is 28.7 Å². The van der Waals surface area contributed by atoms with Gasteiger partial charge in [-0.2, -0.15) is 18.4 Å². The number of rotatable bonds is 11. The van der Waals surface area contributed by atoms with Gasteiger partial charge < -0.3 is 31.2 Å². The highest BCUT2D eigenvalue weighted by molar-refractivity contribution is 5.76. The van der Waals surface area contributed by atoms with Gasteiger partial charge in [-0.15, -0.1) is 0 Å². The topological polar surface area (TPSA) is 111 Å².